The zero-order valence-electron chi connectivity index (χ0n) is 13.9. The summed E-state index contributed by atoms with van der Waals surface area (Å²) < 4.78 is 25.9. The Morgan fingerprint density at radius 2 is 1.27 bits per heavy atom. The maximum atomic E-state index is 13.0. The topological polar surface area (TPSA) is 51.2 Å². The maximum absolute atomic E-state index is 13.0. The predicted molar refractivity (Wildman–Crippen MR) is 102 cm³/mol. The van der Waals surface area contributed by atoms with Crippen molar-refractivity contribution in [2.75, 3.05) is 0 Å². The average Bonchev–Trinajstić information content (AvgIpc) is 2.78. The third-order valence-corrected chi connectivity index (χ3v) is 6.00. The smallest absolute Gasteiger partial charge is 0.200 e. The lowest BCUT2D eigenvalue weighted by Crippen LogP contribution is -2.03. The van der Waals surface area contributed by atoms with E-state index in [1.165, 1.54) is 5.41 Å². The van der Waals surface area contributed by atoms with Crippen molar-refractivity contribution in [3.8, 4) is 0 Å². The third kappa shape index (κ3) is 2.89. The van der Waals surface area contributed by atoms with Gasteiger partial charge >= 0.3 is 0 Å². The highest BCUT2D eigenvalue weighted by Gasteiger charge is 2.25. The summed E-state index contributed by atoms with van der Waals surface area (Å²) in [6.45, 7) is 0. The summed E-state index contributed by atoms with van der Waals surface area (Å²) in [5.74, 6) is -0.00596. The van der Waals surface area contributed by atoms with Crippen molar-refractivity contribution in [3.63, 3.8) is 0 Å². The Morgan fingerprint density at radius 1 is 0.692 bits per heavy atom. The molecule has 3 aromatic rings. The standard InChI is InChI=1S/C22H16O3S/c23-22-14-16-8-4-5-11-18(16)21(19-12-6-7-13-20(19)22)15-26(24,25)17-9-2-1-3-10-17/h1-13,15H,14H2/b21-15-. The van der Waals surface area contributed by atoms with E-state index in [0.717, 1.165) is 11.1 Å². The number of hydrogen-bond acceptors (Lipinski definition) is 3. The van der Waals surface area contributed by atoms with Gasteiger partial charge in [-0.05, 0) is 28.8 Å². The minimum absolute atomic E-state index is 0.00596. The molecule has 0 heterocycles. The van der Waals surface area contributed by atoms with Gasteiger partial charge in [0.25, 0.3) is 0 Å². The minimum atomic E-state index is -3.65. The number of rotatable bonds is 2. The number of sulfone groups is 1. The second-order valence-corrected chi connectivity index (χ2v) is 7.99. The van der Waals surface area contributed by atoms with Gasteiger partial charge in [0.15, 0.2) is 15.6 Å². The molecule has 0 aromatic heterocycles. The van der Waals surface area contributed by atoms with Crippen LogP contribution in [0.2, 0.25) is 0 Å². The van der Waals surface area contributed by atoms with Crippen LogP contribution in [0, 0.1) is 0 Å². The molecule has 0 radical (unpaired) electrons. The molecule has 0 fully saturated rings. The second kappa shape index (κ2) is 6.39. The molecule has 0 bridgehead atoms. The predicted octanol–water partition coefficient (Wildman–Crippen LogP) is 4.29. The van der Waals surface area contributed by atoms with Crippen LogP contribution in [0.3, 0.4) is 0 Å². The van der Waals surface area contributed by atoms with E-state index >= 15 is 0 Å². The summed E-state index contributed by atoms with van der Waals surface area (Å²) >= 11 is 0. The highest BCUT2D eigenvalue weighted by Crippen LogP contribution is 2.34. The summed E-state index contributed by atoms with van der Waals surface area (Å²) in [7, 11) is -3.65. The quantitative estimate of drug-likeness (QED) is 0.685. The number of carbonyl (C=O) groups excluding carboxylic acids is 1. The third-order valence-electron chi connectivity index (χ3n) is 4.52. The summed E-state index contributed by atoms with van der Waals surface area (Å²) in [6, 6.07) is 23.0. The minimum Gasteiger partial charge on any atom is -0.294 e. The van der Waals surface area contributed by atoms with Crippen LogP contribution in [0.5, 0.6) is 0 Å². The molecule has 0 spiro atoms. The van der Waals surface area contributed by atoms with Crippen molar-refractivity contribution < 1.29 is 13.2 Å². The van der Waals surface area contributed by atoms with Gasteiger partial charge in [-0.3, -0.25) is 4.79 Å². The molecule has 26 heavy (non-hydrogen) atoms. The van der Waals surface area contributed by atoms with Crippen LogP contribution in [0.1, 0.15) is 27.0 Å². The van der Waals surface area contributed by atoms with Crippen molar-refractivity contribution in [1.29, 1.82) is 0 Å². The van der Waals surface area contributed by atoms with E-state index in [4.69, 9.17) is 0 Å². The SMILES string of the molecule is O=C1Cc2ccccc2/C(=C/S(=O)(=O)c2ccccc2)c2ccccc21. The van der Waals surface area contributed by atoms with Crippen molar-refractivity contribution in [2.24, 2.45) is 0 Å². The Hall–Kier alpha value is -2.98. The number of ketones is 1. The fourth-order valence-electron chi connectivity index (χ4n) is 3.27. The molecule has 0 N–H and O–H groups in total. The molecule has 128 valence electrons. The van der Waals surface area contributed by atoms with Gasteiger partial charge < -0.3 is 0 Å². The second-order valence-electron chi connectivity index (χ2n) is 6.19. The van der Waals surface area contributed by atoms with Gasteiger partial charge in [-0.2, -0.15) is 0 Å². The number of hydrogen-bond donors (Lipinski definition) is 0. The van der Waals surface area contributed by atoms with Crippen LogP contribution in [-0.2, 0) is 16.3 Å². The number of fused-ring (bicyclic) bond motifs is 2. The summed E-state index contributed by atoms with van der Waals surface area (Å²) in [5, 5.41) is 1.29. The van der Waals surface area contributed by atoms with E-state index in [0.29, 0.717) is 16.7 Å². The lowest BCUT2D eigenvalue weighted by atomic mass is 9.95. The van der Waals surface area contributed by atoms with Crippen LogP contribution in [0.25, 0.3) is 5.57 Å². The van der Waals surface area contributed by atoms with Crippen molar-refractivity contribution in [3.05, 3.63) is 107 Å². The van der Waals surface area contributed by atoms with Crippen LogP contribution in [0.4, 0.5) is 0 Å². The molecule has 4 heteroatoms. The zero-order chi connectivity index (χ0) is 18.1. The van der Waals surface area contributed by atoms with E-state index in [9.17, 15) is 13.2 Å². The average molecular weight is 360 g/mol. The van der Waals surface area contributed by atoms with Gasteiger partial charge in [0.05, 0.1) is 4.90 Å². The fraction of sp³-hybridized carbons (Fsp3) is 0.0455. The zero-order valence-corrected chi connectivity index (χ0v) is 14.7. The molecule has 3 aromatic carbocycles. The van der Waals surface area contributed by atoms with Crippen LogP contribution < -0.4 is 0 Å². The largest absolute Gasteiger partial charge is 0.294 e. The summed E-state index contributed by atoms with van der Waals surface area (Å²) in [6.07, 6.45) is 0.260. The Balaban J connectivity index is 2.01. The number of Topliss-reactive ketones (excluding diaryl/α,β-unsaturated/α-hetero) is 1. The van der Waals surface area contributed by atoms with Crippen LogP contribution in [0.15, 0.2) is 89.2 Å². The number of benzene rings is 3. The van der Waals surface area contributed by atoms with Gasteiger partial charge in [0, 0.05) is 23.0 Å². The lowest BCUT2D eigenvalue weighted by Gasteiger charge is -2.11. The van der Waals surface area contributed by atoms with E-state index in [2.05, 4.69) is 0 Å². The molecular weight excluding hydrogens is 344 g/mol. The highest BCUT2D eigenvalue weighted by atomic mass is 32.2. The van der Waals surface area contributed by atoms with E-state index in [1.54, 1.807) is 42.5 Å². The highest BCUT2D eigenvalue weighted by molar-refractivity contribution is 7.94. The van der Waals surface area contributed by atoms with Crippen LogP contribution >= 0.6 is 0 Å². The van der Waals surface area contributed by atoms with E-state index in [-0.39, 0.29) is 17.1 Å². The Bertz CT molecular complexity index is 1130. The van der Waals surface area contributed by atoms with Gasteiger partial charge in [-0.1, -0.05) is 66.7 Å². The molecule has 3 nitrogen and oxygen atoms in total. The molecule has 0 unspecified atom stereocenters. The maximum Gasteiger partial charge on any atom is 0.200 e. The van der Waals surface area contributed by atoms with E-state index in [1.807, 2.05) is 36.4 Å². The first-order chi connectivity index (χ1) is 12.6. The summed E-state index contributed by atoms with van der Waals surface area (Å²) in [4.78, 5) is 12.9. The first-order valence-electron chi connectivity index (χ1n) is 8.29. The monoisotopic (exact) mass is 360 g/mol. The Labute approximate surface area is 152 Å². The molecule has 0 aliphatic heterocycles. The normalized spacial score (nSPS) is 15.2. The van der Waals surface area contributed by atoms with Crippen molar-refractivity contribution in [2.45, 2.75) is 11.3 Å². The van der Waals surface area contributed by atoms with E-state index < -0.39 is 9.84 Å². The summed E-state index contributed by atoms with van der Waals surface area (Å²) in [5.41, 5.74) is 3.39. The van der Waals surface area contributed by atoms with Gasteiger partial charge in [-0.25, -0.2) is 8.42 Å². The van der Waals surface area contributed by atoms with Gasteiger partial charge in [0.1, 0.15) is 0 Å². The van der Waals surface area contributed by atoms with Crippen molar-refractivity contribution in [1.82, 2.24) is 0 Å². The molecule has 0 amide bonds. The van der Waals surface area contributed by atoms with Crippen LogP contribution in [-0.4, -0.2) is 14.2 Å². The molecule has 1 aliphatic rings. The molecule has 0 atom stereocenters. The van der Waals surface area contributed by atoms with Gasteiger partial charge in [0.2, 0.25) is 0 Å². The molecular formula is C22H16O3S. The van der Waals surface area contributed by atoms with Crippen molar-refractivity contribution >= 4 is 21.2 Å². The first-order valence-corrected chi connectivity index (χ1v) is 9.83. The number of carbonyl (C=O) groups is 1. The lowest BCUT2D eigenvalue weighted by molar-refractivity contribution is 0.0993. The Morgan fingerprint density at radius 3 is 2.00 bits per heavy atom. The van der Waals surface area contributed by atoms with Gasteiger partial charge in [-0.15, -0.1) is 0 Å². The molecule has 0 saturated carbocycles. The first kappa shape index (κ1) is 16.5. The molecule has 4 rings (SSSR count). The Kier molecular flexibility index (Phi) is 4.05. The molecule has 0 saturated heterocycles. The fourth-order valence-corrected chi connectivity index (χ4v) is 4.51. The molecule has 1 aliphatic carbocycles.